The molecule has 2 aromatic rings. The minimum Gasteiger partial charge on any atom is -0.444 e. The van der Waals surface area contributed by atoms with Crippen LogP contribution in [0.3, 0.4) is 0 Å². The normalized spacial score (nSPS) is 15.7. The minimum absolute atomic E-state index is 0.302. The summed E-state index contributed by atoms with van der Waals surface area (Å²) in [4.78, 5) is 15.8. The monoisotopic (exact) mass is 348 g/mol. The van der Waals surface area contributed by atoms with E-state index in [0.29, 0.717) is 31.9 Å². The van der Waals surface area contributed by atoms with Crippen LogP contribution < -0.4 is 4.90 Å². The molecule has 6 nitrogen and oxygen atoms in total. The lowest BCUT2D eigenvalue weighted by Gasteiger charge is -2.36. The van der Waals surface area contributed by atoms with Gasteiger partial charge in [-0.15, -0.1) is 0 Å². The molecule has 1 amide bonds. The standard InChI is InChI=1S/C18H25FN4O2/c1-5-13-10-14-11-16(15(19)12-23(14)20-13)21-6-8-22(9-7-21)17(24)25-18(2,3)4/h10-12H,5-9H2,1-4H3. The number of rotatable bonds is 2. The molecule has 0 atom stereocenters. The van der Waals surface area contributed by atoms with E-state index in [4.69, 9.17) is 4.74 Å². The zero-order chi connectivity index (χ0) is 18.2. The molecule has 0 spiro atoms. The Hall–Kier alpha value is -2.31. The molecule has 0 bridgehead atoms. The van der Waals surface area contributed by atoms with Crippen molar-refractivity contribution in [2.45, 2.75) is 39.7 Å². The maximum atomic E-state index is 14.5. The number of hydrogen-bond donors (Lipinski definition) is 0. The number of carbonyl (C=O) groups is 1. The molecular weight excluding hydrogens is 323 g/mol. The Morgan fingerprint density at radius 2 is 1.92 bits per heavy atom. The first-order valence-corrected chi connectivity index (χ1v) is 8.67. The number of hydrogen-bond acceptors (Lipinski definition) is 4. The molecule has 2 aromatic heterocycles. The van der Waals surface area contributed by atoms with Gasteiger partial charge in [0.05, 0.1) is 23.1 Å². The fourth-order valence-electron chi connectivity index (χ4n) is 2.93. The van der Waals surface area contributed by atoms with Crippen molar-refractivity contribution in [3.05, 3.63) is 29.8 Å². The van der Waals surface area contributed by atoms with Crippen molar-refractivity contribution in [3.8, 4) is 0 Å². The third-order valence-electron chi connectivity index (χ3n) is 4.21. The van der Waals surface area contributed by atoms with Crippen LogP contribution >= 0.6 is 0 Å². The van der Waals surface area contributed by atoms with E-state index < -0.39 is 5.60 Å². The Balaban J connectivity index is 1.71. The van der Waals surface area contributed by atoms with Crippen LogP contribution in [0, 0.1) is 5.82 Å². The number of anilines is 1. The smallest absolute Gasteiger partial charge is 0.410 e. The number of nitrogens with zero attached hydrogens (tertiary/aromatic N) is 4. The summed E-state index contributed by atoms with van der Waals surface area (Å²) < 4.78 is 21.5. The van der Waals surface area contributed by atoms with Gasteiger partial charge in [0.25, 0.3) is 0 Å². The van der Waals surface area contributed by atoms with Gasteiger partial charge in [-0.1, -0.05) is 6.92 Å². The van der Waals surface area contributed by atoms with E-state index >= 15 is 0 Å². The van der Waals surface area contributed by atoms with Crippen LogP contribution in [0.4, 0.5) is 14.9 Å². The second kappa shape index (κ2) is 6.54. The van der Waals surface area contributed by atoms with Gasteiger partial charge >= 0.3 is 6.09 Å². The van der Waals surface area contributed by atoms with Crippen molar-refractivity contribution in [1.29, 1.82) is 0 Å². The van der Waals surface area contributed by atoms with Gasteiger partial charge in [0.2, 0.25) is 0 Å². The molecule has 1 aliphatic heterocycles. The van der Waals surface area contributed by atoms with Crippen LogP contribution in [0.25, 0.3) is 5.52 Å². The minimum atomic E-state index is -0.510. The Morgan fingerprint density at radius 3 is 2.52 bits per heavy atom. The van der Waals surface area contributed by atoms with Crippen LogP contribution in [-0.4, -0.2) is 52.4 Å². The number of aromatic nitrogens is 2. The molecule has 136 valence electrons. The number of fused-ring (bicyclic) bond motifs is 1. The lowest BCUT2D eigenvalue weighted by Crippen LogP contribution is -2.50. The number of amides is 1. The highest BCUT2D eigenvalue weighted by atomic mass is 19.1. The number of pyridine rings is 1. The van der Waals surface area contributed by atoms with E-state index in [1.54, 1.807) is 9.42 Å². The van der Waals surface area contributed by atoms with Crippen molar-refractivity contribution in [2.24, 2.45) is 0 Å². The fourth-order valence-corrected chi connectivity index (χ4v) is 2.93. The SMILES string of the molecule is CCc1cc2cc(N3CCN(C(=O)OC(C)(C)C)CC3)c(F)cn2n1. The molecular formula is C18H25FN4O2. The molecule has 1 fully saturated rings. The average molecular weight is 348 g/mol. The van der Waals surface area contributed by atoms with Gasteiger partial charge in [0.15, 0.2) is 5.82 Å². The van der Waals surface area contributed by atoms with E-state index in [2.05, 4.69) is 5.10 Å². The first kappa shape index (κ1) is 17.5. The summed E-state index contributed by atoms with van der Waals surface area (Å²) in [6, 6.07) is 3.80. The zero-order valence-corrected chi connectivity index (χ0v) is 15.3. The lowest BCUT2D eigenvalue weighted by molar-refractivity contribution is 0.0240. The van der Waals surface area contributed by atoms with Crippen molar-refractivity contribution in [3.63, 3.8) is 0 Å². The molecule has 1 saturated heterocycles. The third-order valence-corrected chi connectivity index (χ3v) is 4.21. The van der Waals surface area contributed by atoms with Gasteiger partial charge in [-0.3, -0.25) is 0 Å². The van der Waals surface area contributed by atoms with Crippen molar-refractivity contribution in [1.82, 2.24) is 14.5 Å². The zero-order valence-electron chi connectivity index (χ0n) is 15.3. The van der Waals surface area contributed by atoms with Crippen molar-refractivity contribution < 1.29 is 13.9 Å². The van der Waals surface area contributed by atoms with Crippen LogP contribution in [0.1, 0.15) is 33.4 Å². The molecule has 7 heteroatoms. The van der Waals surface area contributed by atoms with Crippen LogP contribution in [0.15, 0.2) is 18.3 Å². The van der Waals surface area contributed by atoms with Gasteiger partial charge in [0.1, 0.15) is 5.60 Å². The number of halogens is 1. The summed E-state index contributed by atoms with van der Waals surface area (Å²) in [5, 5.41) is 4.34. The number of piperazine rings is 1. The van der Waals surface area contributed by atoms with E-state index in [9.17, 15) is 9.18 Å². The number of carbonyl (C=O) groups excluding carboxylic acids is 1. The van der Waals surface area contributed by atoms with E-state index in [1.165, 1.54) is 6.20 Å². The van der Waals surface area contributed by atoms with Crippen LogP contribution in [0.2, 0.25) is 0 Å². The fraction of sp³-hybridized carbons (Fsp3) is 0.556. The quantitative estimate of drug-likeness (QED) is 0.837. The summed E-state index contributed by atoms with van der Waals surface area (Å²) in [6.07, 6.45) is 1.92. The highest BCUT2D eigenvalue weighted by Crippen LogP contribution is 2.24. The molecule has 0 radical (unpaired) electrons. The number of aryl methyl sites for hydroxylation is 1. The summed E-state index contributed by atoms with van der Waals surface area (Å²) in [6.45, 7) is 9.74. The maximum absolute atomic E-state index is 14.5. The summed E-state index contributed by atoms with van der Waals surface area (Å²) in [7, 11) is 0. The summed E-state index contributed by atoms with van der Waals surface area (Å²) in [5.41, 5.74) is 1.86. The van der Waals surface area contributed by atoms with Gasteiger partial charge in [-0.2, -0.15) is 5.10 Å². The molecule has 3 rings (SSSR count). The van der Waals surface area contributed by atoms with Crippen LogP contribution in [-0.2, 0) is 11.2 Å². The van der Waals surface area contributed by atoms with Crippen molar-refractivity contribution in [2.75, 3.05) is 31.1 Å². The first-order valence-electron chi connectivity index (χ1n) is 8.67. The highest BCUT2D eigenvalue weighted by Gasteiger charge is 2.27. The van der Waals surface area contributed by atoms with Gasteiger partial charge in [-0.25, -0.2) is 13.7 Å². The topological polar surface area (TPSA) is 50.1 Å². The van der Waals surface area contributed by atoms with E-state index in [0.717, 1.165) is 17.6 Å². The molecule has 0 unspecified atom stereocenters. The summed E-state index contributed by atoms with van der Waals surface area (Å²) in [5.74, 6) is -0.302. The molecule has 0 aliphatic carbocycles. The summed E-state index contributed by atoms with van der Waals surface area (Å²) >= 11 is 0. The molecule has 0 N–H and O–H groups in total. The average Bonchev–Trinajstić information content (AvgIpc) is 2.94. The maximum Gasteiger partial charge on any atom is 0.410 e. The first-order chi connectivity index (χ1) is 11.8. The Bertz CT molecular complexity index is 773. The Labute approximate surface area is 147 Å². The predicted molar refractivity (Wildman–Crippen MR) is 94.5 cm³/mol. The van der Waals surface area contributed by atoms with Gasteiger partial charge in [-0.05, 0) is 39.3 Å². The molecule has 3 heterocycles. The second-order valence-electron chi connectivity index (χ2n) is 7.32. The van der Waals surface area contributed by atoms with Crippen LogP contribution in [0.5, 0.6) is 0 Å². The lowest BCUT2D eigenvalue weighted by atomic mass is 10.2. The van der Waals surface area contributed by atoms with Gasteiger partial charge in [0, 0.05) is 26.2 Å². The van der Waals surface area contributed by atoms with Crippen molar-refractivity contribution >= 4 is 17.3 Å². The van der Waals surface area contributed by atoms with E-state index in [1.807, 2.05) is 44.7 Å². The van der Waals surface area contributed by atoms with Gasteiger partial charge < -0.3 is 14.5 Å². The molecule has 0 saturated carbocycles. The molecule has 0 aromatic carbocycles. The molecule has 1 aliphatic rings. The molecule has 25 heavy (non-hydrogen) atoms. The number of ether oxygens (including phenoxy) is 1. The predicted octanol–water partition coefficient (Wildman–Crippen LogP) is 3.09. The Morgan fingerprint density at radius 1 is 1.24 bits per heavy atom. The van der Waals surface area contributed by atoms with E-state index in [-0.39, 0.29) is 11.9 Å². The third kappa shape index (κ3) is 3.86. The largest absolute Gasteiger partial charge is 0.444 e. The highest BCUT2D eigenvalue weighted by molar-refractivity contribution is 5.69. The Kier molecular flexibility index (Phi) is 4.58. The second-order valence-corrected chi connectivity index (χ2v) is 7.32.